The smallest absolute Gasteiger partial charge is 0.408 e. The maximum Gasteiger partial charge on any atom is 0.408 e. The lowest BCUT2D eigenvalue weighted by molar-refractivity contribution is -0.144. The molecule has 2 aliphatic carbocycles. The van der Waals surface area contributed by atoms with Crippen molar-refractivity contribution >= 4 is 50.8 Å². The van der Waals surface area contributed by atoms with E-state index in [9.17, 15) is 35.1 Å². The molecule has 10 rings (SSSR count). The van der Waals surface area contributed by atoms with E-state index in [1.54, 1.807) is 12.7 Å². The van der Waals surface area contributed by atoms with E-state index in [1.165, 1.54) is 25.0 Å². The second kappa shape index (κ2) is 21.7. The first-order valence-corrected chi connectivity index (χ1v) is 23.9. The van der Waals surface area contributed by atoms with Crippen LogP contribution in [-0.2, 0) is 19.5 Å². The Labute approximate surface area is 420 Å². The van der Waals surface area contributed by atoms with Crippen LogP contribution < -0.4 is 25.0 Å². The highest BCUT2D eigenvalue weighted by Gasteiger charge is 2.44. The average molecular weight is 1100 g/mol. The van der Waals surface area contributed by atoms with E-state index in [0.29, 0.717) is 45.5 Å². The number of nitrogens with two attached hydrogens (primary N) is 1. The van der Waals surface area contributed by atoms with E-state index in [2.05, 4.69) is 71.9 Å². The summed E-state index contributed by atoms with van der Waals surface area (Å²) in [6.07, 6.45) is -0.734. The van der Waals surface area contributed by atoms with Crippen molar-refractivity contribution in [3.8, 4) is 23.5 Å². The number of nitrogens with zero attached hydrogens (tertiary/aromatic N) is 12. The summed E-state index contributed by atoms with van der Waals surface area (Å²) in [5.41, 5.74) is 8.13. The zero-order chi connectivity index (χ0) is 50.8. The number of anilines is 2. The van der Waals surface area contributed by atoms with Gasteiger partial charge in [-0.3, -0.25) is 0 Å². The molecular weight excluding hydrogens is 1060 g/mol. The Morgan fingerprint density at radius 3 is 1.51 bits per heavy atom. The van der Waals surface area contributed by atoms with Crippen molar-refractivity contribution in [3.05, 3.63) is 105 Å². The summed E-state index contributed by atoms with van der Waals surface area (Å²) in [4.78, 5) is 29.6. The summed E-state index contributed by atoms with van der Waals surface area (Å²) in [5.74, 6) is 3.01. The molecule has 2 saturated carbocycles. The van der Waals surface area contributed by atoms with Gasteiger partial charge in [-0.2, -0.15) is 41.4 Å². The molecule has 6 aromatic rings. The molecule has 4 bridgehead atoms. The van der Waals surface area contributed by atoms with Crippen LogP contribution in [0.3, 0.4) is 0 Å². The third kappa shape index (κ3) is 13.9. The summed E-state index contributed by atoms with van der Waals surface area (Å²) in [7, 11) is 0. The highest BCUT2D eigenvalue weighted by atomic mass is 79.9. The third-order valence-corrected chi connectivity index (χ3v) is 13.4. The number of ether oxygens (including phenoxy) is 2. The Bertz CT molecular complexity index is 2740. The van der Waals surface area contributed by atoms with Crippen molar-refractivity contribution in [1.29, 1.82) is 0 Å². The number of aromatic nitrogens is 10. The molecule has 4 atom stereocenters. The predicted molar refractivity (Wildman–Crippen MR) is 248 cm³/mol. The standard InChI is InChI=1S/C23H23ClF4N6O.C12H18N4.C10H5BrClF4N3O/c1-13-4-21(30-12-29-13)33-9-14-2-3-15(10-33)19(14)8-20-31-22(34(32-20)11-23(26,27)28)35-18-6-16(24)5-17(25)7-18;1-8-4-11(15-7-14-8)16-5-9-2-3-10(6-16)12(9)13;11-8-17-9(19(18-8)4-10(14,15)16)20-7-2-5(12)1-6(13)3-7/h4-7,12,14-15,19H,2-3,8-11H2,1H3;4,7,9-10,12H,2-3,5-6,13H2,1H3;1-3H,4H2. The van der Waals surface area contributed by atoms with Crippen molar-refractivity contribution in [1.82, 2.24) is 49.5 Å². The summed E-state index contributed by atoms with van der Waals surface area (Å²) in [6, 6.07) is 10.3. The van der Waals surface area contributed by atoms with Crippen LogP contribution in [0.2, 0.25) is 10.0 Å². The van der Waals surface area contributed by atoms with E-state index in [1.807, 2.05) is 19.9 Å². The summed E-state index contributed by atoms with van der Waals surface area (Å²) in [6.45, 7) is 4.93. The minimum Gasteiger partial charge on any atom is -0.424 e. The first kappa shape index (κ1) is 51.9. The van der Waals surface area contributed by atoms with Gasteiger partial charge in [0.2, 0.25) is 4.73 Å². The average Bonchev–Trinajstić information content (AvgIpc) is 3.91. The Morgan fingerprint density at radius 1 is 0.620 bits per heavy atom. The molecule has 26 heteroatoms. The minimum absolute atomic E-state index is 0.0425. The van der Waals surface area contributed by atoms with E-state index in [-0.39, 0.29) is 44.0 Å². The molecule has 0 spiro atoms. The van der Waals surface area contributed by atoms with Gasteiger partial charge in [-0.15, -0.1) is 5.10 Å². The molecule has 71 heavy (non-hydrogen) atoms. The second-order valence-corrected chi connectivity index (χ2v) is 19.5. The zero-order valence-corrected chi connectivity index (χ0v) is 41.0. The van der Waals surface area contributed by atoms with Gasteiger partial charge in [0.05, 0.1) is 0 Å². The van der Waals surface area contributed by atoms with Crippen LogP contribution in [0.5, 0.6) is 23.5 Å². The van der Waals surface area contributed by atoms with Crippen molar-refractivity contribution in [3.63, 3.8) is 0 Å². The van der Waals surface area contributed by atoms with Crippen LogP contribution in [0.25, 0.3) is 0 Å². The van der Waals surface area contributed by atoms with Crippen LogP contribution >= 0.6 is 39.1 Å². The van der Waals surface area contributed by atoms with Crippen LogP contribution in [0, 0.1) is 55.1 Å². The Kier molecular flexibility index (Phi) is 15.9. The third-order valence-electron chi connectivity index (χ3n) is 12.6. The number of piperidine rings is 2. The van der Waals surface area contributed by atoms with Gasteiger partial charge in [-0.1, -0.05) is 23.2 Å². The number of alkyl halides is 6. The second-order valence-electron chi connectivity index (χ2n) is 17.9. The van der Waals surface area contributed by atoms with Crippen molar-refractivity contribution in [2.75, 3.05) is 36.0 Å². The monoisotopic (exact) mass is 1100 g/mol. The Morgan fingerprint density at radius 2 is 1.06 bits per heavy atom. The predicted octanol–water partition coefficient (Wildman–Crippen LogP) is 10.4. The lowest BCUT2D eigenvalue weighted by Crippen LogP contribution is -2.49. The molecule has 2 aromatic carbocycles. The SMILES string of the molecule is Cc1cc(N2CC3CCC(C2)C3Cc2nc(Oc3cc(F)cc(Cl)c3)n(CC(F)(F)F)n2)ncn1.Cc1cc(N2CC3CCC(C2)C3N)ncn1.Fc1cc(Cl)cc(Oc2nc(Br)nn2CC(F)(F)F)c1. The van der Waals surface area contributed by atoms with Crippen LogP contribution in [0.4, 0.5) is 46.8 Å². The quantitative estimate of drug-likeness (QED) is 0.129. The summed E-state index contributed by atoms with van der Waals surface area (Å²) >= 11 is 14.3. The number of aryl methyl sites for hydroxylation is 2. The van der Waals surface area contributed by atoms with Gasteiger partial charge in [0.1, 0.15) is 60.5 Å². The highest BCUT2D eigenvalue weighted by Crippen LogP contribution is 2.45. The number of fused-ring (bicyclic) bond motifs is 4. The van der Waals surface area contributed by atoms with Crippen LogP contribution in [0.1, 0.15) is 42.9 Å². The van der Waals surface area contributed by atoms with Gasteiger partial charge in [-0.25, -0.2) is 38.1 Å². The lowest BCUT2D eigenvalue weighted by atomic mass is 9.82. The van der Waals surface area contributed by atoms with Gasteiger partial charge < -0.3 is 25.0 Å². The number of hydrogen-bond acceptors (Lipinski definition) is 13. The fraction of sp³-hybridized carbons (Fsp3) is 0.467. The van der Waals surface area contributed by atoms with Gasteiger partial charge in [-0.05, 0) is 109 Å². The van der Waals surface area contributed by atoms with Gasteiger partial charge in [0, 0.05) is 84.3 Å². The van der Waals surface area contributed by atoms with E-state index < -0.39 is 43.1 Å². The van der Waals surface area contributed by atoms with Gasteiger partial charge >= 0.3 is 24.4 Å². The first-order chi connectivity index (χ1) is 33.6. The molecule has 4 aromatic heterocycles. The minimum atomic E-state index is -4.53. The van der Waals surface area contributed by atoms with E-state index in [0.717, 1.165) is 86.3 Å². The molecule has 15 nitrogen and oxygen atoms in total. The van der Waals surface area contributed by atoms with Gasteiger partial charge in [0.25, 0.3) is 0 Å². The Hall–Kier alpha value is -5.46. The topological polar surface area (TPSA) is 164 Å². The maximum atomic E-state index is 13.7. The number of halogens is 11. The highest BCUT2D eigenvalue weighted by molar-refractivity contribution is 9.10. The summed E-state index contributed by atoms with van der Waals surface area (Å²) < 4.78 is 115. The van der Waals surface area contributed by atoms with Gasteiger partial charge in [0.15, 0.2) is 5.82 Å². The molecule has 0 amide bonds. The maximum absolute atomic E-state index is 13.7. The normalized spacial score (nSPS) is 21.6. The summed E-state index contributed by atoms with van der Waals surface area (Å²) in [5, 5.41) is 7.71. The number of rotatable bonds is 10. The van der Waals surface area contributed by atoms with Crippen LogP contribution in [-0.4, -0.2) is 94.0 Å². The molecule has 380 valence electrons. The molecule has 2 N–H and O–H groups in total. The molecular formula is C45H46BrCl2F8N13O2. The first-order valence-electron chi connectivity index (χ1n) is 22.4. The number of benzene rings is 2. The van der Waals surface area contributed by atoms with Crippen LogP contribution in [0.15, 0.2) is 65.9 Å². The largest absolute Gasteiger partial charge is 0.424 e. The van der Waals surface area contributed by atoms with E-state index in [4.69, 9.17) is 38.4 Å². The van der Waals surface area contributed by atoms with Crippen molar-refractivity contribution in [2.24, 2.45) is 35.3 Å². The fourth-order valence-electron chi connectivity index (χ4n) is 9.59. The molecule has 4 aliphatic rings. The molecule has 4 fully saturated rings. The zero-order valence-electron chi connectivity index (χ0n) is 37.9. The van der Waals surface area contributed by atoms with Crippen molar-refractivity contribution in [2.45, 2.75) is 77.4 Å². The molecule has 6 heterocycles. The number of hydrogen-bond donors (Lipinski definition) is 1. The van der Waals surface area contributed by atoms with Crippen molar-refractivity contribution < 1.29 is 44.6 Å². The molecule has 2 saturated heterocycles. The van der Waals surface area contributed by atoms with E-state index >= 15 is 0 Å². The Balaban J connectivity index is 0.000000158. The fourth-order valence-corrected chi connectivity index (χ4v) is 10.4. The molecule has 4 unspecified atom stereocenters. The molecule has 0 radical (unpaired) electrons. The molecule has 2 aliphatic heterocycles. The lowest BCUT2D eigenvalue weighted by Gasteiger charge is -2.38.